The van der Waals surface area contributed by atoms with Crippen molar-refractivity contribution in [3.63, 3.8) is 0 Å². The zero-order valence-corrected chi connectivity index (χ0v) is 22.3. The minimum absolute atomic E-state index is 0.793. The van der Waals surface area contributed by atoms with Gasteiger partial charge in [0.15, 0.2) is 0 Å². The molecule has 2 aromatic rings. The van der Waals surface area contributed by atoms with Crippen molar-refractivity contribution in [3.05, 3.63) is 46.5 Å². The summed E-state index contributed by atoms with van der Waals surface area (Å²) in [7, 11) is 0. The molecular formula is C32H46O3. The largest absolute Gasteiger partial charge is 0.493 e. The van der Waals surface area contributed by atoms with E-state index >= 15 is 0 Å². The lowest BCUT2D eigenvalue weighted by atomic mass is 9.96. The first kappa shape index (κ1) is 25.9. The van der Waals surface area contributed by atoms with Crippen LogP contribution in [0.15, 0.2) is 24.3 Å². The molecule has 0 saturated heterocycles. The second kappa shape index (κ2) is 13.8. The Morgan fingerprint density at radius 2 is 1.00 bits per heavy atom. The van der Waals surface area contributed by atoms with E-state index in [4.69, 9.17) is 14.2 Å². The van der Waals surface area contributed by atoms with E-state index in [1.807, 2.05) is 0 Å². The number of benzene rings is 2. The van der Waals surface area contributed by atoms with E-state index in [0.29, 0.717) is 0 Å². The van der Waals surface area contributed by atoms with Gasteiger partial charge in [0.05, 0.1) is 13.2 Å². The third kappa shape index (κ3) is 6.96. The Bertz CT molecular complexity index is 857. The van der Waals surface area contributed by atoms with E-state index in [9.17, 15) is 0 Å². The van der Waals surface area contributed by atoms with E-state index in [0.717, 1.165) is 61.9 Å². The molecule has 0 radical (unpaired) electrons. The Kier molecular flexibility index (Phi) is 10.2. The maximum Gasteiger partial charge on any atom is 0.131 e. The zero-order chi connectivity index (χ0) is 24.3. The van der Waals surface area contributed by atoms with Gasteiger partial charge in [0.2, 0.25) is 0 Å². The smallest absolute Gasteiger partial charge is 0.131 e. The fraction of sp³-hybridized carbons (Fsp3) is 0.625. The number of unbranched alkanes of at least 4 members (excludes halogenated alkanes) is 10. The molecule has 0 spiro atoms. The van der Waals surface area contributed by atoms with Gasteiger partial charge >= 0.3 is 0 Å². The molecule has 3 nitrogen and oxygen atoms in total. The van der Waals surface area contributed by atoms with Gasteiger partial charge in [-0.15, -0.1) is 0 Å². The summed E-state index contributed by atoms with van der Waals surface area (Å²) in [6.07, 6.45) is 19.9. The minimum Gasteiger partial charge on any atom is -0.493 e. The molecule has 192 valence electrons. The fourth-order valence-corrected chi connectivity index (χ4v) is 5.67. The molecule has 0 aliphatic carbocycles. The monoisotopic (exact) mass is 478 g/mol. The van der Waals surface area contributed by atoms with Gasteiger partial charge in [0, 0.05) is 35.1 Å². The van der Waals surface area contributed by atoms with Crippen molar-refractivity contribution < 1.29 is 14.2 Å². The molecule has 4 rings (SSSR count). The van der Waals surface area contributed by atoms with Crippen LogP contribution in [-0.4, -0.2) is 13.2 Å². The molecule has 0 fully saturated rings. The Labute approximate surface area is 213 Å². The Hall–Kier alpha value is -2.16. The van der Waals surface area contributed by atoms with Crippen LogP contribution < -0.4 is 14.2 Å². The van der Waals surface area contributed by atoms with Crippen LogP contribution >= 0.6 is 0 Å². The molecule has 0 bridgehead atoms. The lowest BCUT2D eigenvalue weighted by Crippen LogP contribution is -2.01. The highest BCUT2D eigenvalue weighted by Gasteiger charge is 2.23. The molecule has 0 unspecified atom stereocenters. The normalized spacial score (nSPS) is 13.9. The molecule has 2 heterocycles. The van der Waals surface area contributed by atoms with E-state index in [-0.39, 0.29) is 0 Å². The summed E-state index contributed by atoms with van der Waals surface area (Å²) in [4.78, 5) is 0. The van der Waals surface area contributed by atoms with Gasteiger partial charge < -0.3 is 14.2 Å². The average Bonchev–Trinajstić information content (AvgIpc) is 3.55. The van der Waals surface area contributed by atoms with Gasteiger partial charge in [-0.05, 0) is 49.9 Å². The summed E-state index contributed by atoms with van der Waals surface area (Å²) in [5.41, 5.74) is 5.49. The predicted octanol–water partition coefficient (Wildman–Crippen LogP) is 9.15. The van der Waals surface area contributed by atoms with Crippen molar-refractivity contribution >= 4 is 0 Å². The van der Waals surface area contributed by atoms with Crippen LogP contribution in [0.2, 0.25) is 0 Å². The number of hydrogen-bond acceptors (Lipinski definition) is 3. The van der Waals surface area contributed by atoms with Gasteiger partial charge in [0.25, 0.3) is 0 Å². The highest BCUT2D eigenvalue weighted by atomic mass is 16.5. The molecule has 2 aliphatic heterocycles. The van der Waals surface area contributed by atoms with Crippen LogP contribution in [0, 0.1) is 0 Å². The number of fused-ring (bicyclic) bond motifs is 2. The van der Waals surface area contributed by atoms with Crippen LogP contribution in [-0.2, 0) is 25.7 Å². The molecular weight excluding hydrogens is 432 g/mol. The Balaban J connectivity index is 1.49. The maximum atomic E-state index is 6.77. The number of rotatable bonds is 16. The van der Waals surface area contributed by atoms with Crippen LogP contribution in [0.5, 0.6) is 23.0 Å². The van der Waals surface area contributed by atoms with Gasteiger partial charge in [-0.3, -0.25) is 0 Å². The summed E-state index contributed by atoms with van der Waals surface area (Å²) >= 11 is 0. The van der Waals surface area contributed by atoms with E-state index in [2.05, 4.69) is 38.1 Å². The van der Waals surface area contributed by atoms with E-state index < -0.39 is 0 Å². The van der Waals surface area contributed by atoms with Crippen molar-refractivity contribution in [1.82, 2.24) is 0 Å². The first-order valence-electron chi connectivity index (χ1n) is 14.5. The van der Waals surface area contributed by atoms with E-state index in [1.165, 1.54) is 99.3 Å². The van der Waals surface area contributed by atoms with Crippen molar-refractivity contribution in [1.29, 1.82) is 0 Å². The van der Waals surface area contributed by atoms with Crippen molar-refractivity contribution in [2.45, 2.75) is 117 Å². The van der Waals surface area contributed by atoms with Crippen molar-refractivity contribution in [2.24, 2.45) is 0 Å². The second-order valence-corrected chi connectivity index (χ2v) is 10.4. The molecule has 0 aromatic heterocycles. The summed E-state index contributed by atoms with van der Waals surface area (Å²) in [6, 6.07) is 8.53. The Morgan fingerprint density at radius 3 is 1.46 bits per heavy atom. The van der Waals surface area contributed by atoms with Crippen LogP contribution in [0.3, 0.4) is 0 Å². The lowest BCUT2D eigenvalue weighted by molar-refractivity contribution is 0.356. The van der Waals surface area contributed by atoms with Crippen LogP contribution in [0.25, 0.3) is 0 Å². The molecule has 35 heavy (non-hydrogen) atoms. The fourth-order valence-electron chi connectivity index (χ4n) is 5.67. The third-order valence-electron chi connectivity index (χ3n) is 7.69. The highest BCUT2D eigenvalue weighted by molar-refractivity contribution is 5.55. The Morgan fingerprint density at radius 1 is 0.571 bits per heavy atom. The number of hydrogen-bond donors (Lipinski definition) is 0. The average molecular weight is 479 g/mol. The van der Waals surface area contributed by atoms with Gasteiger partial charge in [-0.25, -0.2) is 0 Å². The van der Waals surface area contributed by atoms with E-state index in [1.54, 1.807) is 0 Å². The number of ether oxygens (including phenoxy) is 3. The standard InChI is InChI=1S/C32H46O3/c1-3-5-7-9-11-13-15-25-27-21-23-33-29(27)17-19-31(25)35-32-20-18-30-28(22-24-34-30)26(32)16-14-12-10-8-6-4-2/h17-20H,3-16,21-24H2,1-2H3. The summed E-state index contributed by atoms with van der Waals surface area (Å²) < 4.78 is 18.6. The maximum absolute atomic E-state index is 6.77. The highest BCUT2D eigenvalue weighted by Crippen LogP contribution is 2.41. The van der Waals surface area contributed by atoms with Gasteiger partial charge in [-0.1, -0.05) is 78.1 Å². The molecule has 0 N–H and O–H groups in total. The summed E-state index contributed by atoms with van der Waals surface area (Å²) in [5.74, 6) is 4.19. The zero-order valence-electron chi connectivity index (χ0n) is 22.3. The first-order valence-corrected chi connectivity index (χ1v) is 14.5. The predicted molar refractivity (Wildman–Crippen MR) is 146 cm³/mol. The van der Waals surface area contributed by atoms with Crippen molar-refractivity contribution in [3.8, 4) is 23.0 Å². The summed E-state index contributed by atoms with van der Waals surface area (Å²) in [6.45, 7) is 6.15. The quantitative estimate of drug-likeness (QED) is 0.225. The molecule has 0 atom stereocenters. The molecule has 3 heteroatoms. The lowest BCUT2D eigenvalue weighted by Gasteiger charge is -2.18. The molecule has 2 aromatic carbocycles. The molecule has 2 aliphatic rings. The van der Waals surface area contributed by atoms with Crippen LogP contribution in [0.4, 0.5) is 0 Å². The minimum atomic E-state index is 0.793. The topological polar surface area (TPSA) is 27.7 Å². The third-order valence-corrected chi connectivity index (χ3v) is 7.69. The van der Waals surface area contributed by atoms with Crippen molar-refractivity contribution in [2.75, 3.05) is 13.2 Å². The molecule has 0 saturated carbocycles. The first-order chi connectivity index (χ1) is 17.3. The summed E-state index contributed by atoms with van der Waals surface area (Å²) in [5, 5.41) is 0. The SMILES string of the molecule is CCCCCCCCc1c(Oc2ccc3c(c2CCCCCCCC)CCO3)ccc2c1CCO2. The van der Waals surface area contributed by atoms with Gasteiger partial charge in [-0.2, -0.15) is 0 Å². The van der Waals surface area contributed by atoms with Gasteiger partial charge in [0.1, 0.15) is 23.0 Å². The second-order valence-electron chi connectivity index (χ2n) is 10.4. The van der Waals surface area contributed by atoms with Crippen LogP contribution in [0.1, 0.15) is 113 Å². The molecule has 0 amide bonds.